The molecule has 1 heteroatoms. The van der Waals surface area contributed by atoms with Gasteiger partial charge < -0.3 is 6.42 Å². The molecule has 0 amide bonds. The van der Waals surface area contributed by atoms with Gasteiger partial charge in [0.15, 0.2) is 0 Å². The molecule has 0 nitrogen and oxygen atoms in total. The molecule has 0 spiro atoms. The maximum absolute atomic E-state index is 3.57. The van der Waals surface area contributed by atoms with Gasteiger partial charge in [-0.25, -0.2) is 0 Å². The average Bonchev–Trinajstić information content (AvgIpc) is 1.69. The summed E-state index contributed by atoms with van der Waals surface area (Å²) in [7, 11) is 0. The van der Waals surface area contributed by atoms with E-state index in [9.17, 15) is 0 Å². The van der Waals surface area contributed by atoms with Crippen LogP contribution >= 0.6 is 0 Å². The van der Waals surface area contributed by atoms with Crippen LogP contribution in [0.3, 0.4) is 0 Å². The predicted octanol–water partition coefficient (Wildman–Crippen LogP) is -0.653. The minimum atomic E-state index is 0. The summed E-state index contributed by atoms with van der Waals surface area (Å²) in [5, 5.41) is 0. The van der Waals surface area contributed by atoms with E-state index in [-0.39, 0.29) is 29.6 Å². The first kappa shape index (κ1) is 11.3. The van der Waals surface area contributed by atoms with E-state index in [2.05, 4.69) is 19.6 Å². The van der Waals surface area contributed by atoms with Gasteiger partial charge in [0.2, 0.25) is 0 Å². The molecule has 0 bridgehead atoms. The number of hydrogen-bond acceptors (Lipinski definition) is 0. The van der Waals surface area contributed by atoms with Crippen LogP contribution in [0.1, 0.15) is 12.8 Å². The van der Waals surface area contributed by atoms with Gasteiger partial charge in [-0.3, -0.25) is 0 Å². The fraction of sp³-hybridized carbons (Fsp3) is 0.286. The summed E-state index contributed by atoms with van der Waals surface area (Å²) in [5.74, 6) is 0. The largest absolute Gasteiger partial charge is 1.00 e. The van der Waals surface area contributed by atoms with E-state index in [4.69, 9.17) is 0 Å². The van der Waals surface area contributed by atoms with E-state index < -0.39 is 0 Å². The minimum Gasteiger partial charge on any atom is -0.321 e. The monoisotopic (exact) mass is 118 g/mol. The number of hydrogen-bond donors (Lipinski definition) is 0. The smallest absolute Gasteiger partial charge is 0.321 e. The Morgan fingerprint density at radius 1 is 1.12 bits per heavy atom. The summed E-state index contributed by atoms with van der Waals surface area (Å²) >= 11 is 0. The van der Waals surface area contributed by atoms with Gasteiger partial charge in [0.1, 0.15) is 0 Å². The van der Waals surface area contributed by atoms with Crippen molar-refractivity contribution in [2.75, 3.05) is 0 Å². The molecule has 0 aromatic heterocycles. The molecular formula is C7H11Na. The predicted molar refractivity (Wildman–Crippen MR) is 33.9 cm³/mol. The third-order valence-corrected chi connectivity index (χ3v) is 0.667. The van der Waals surface area contributed by atoms with Crippen molar-refractivity contribution in [2.45, 2.75) is 12.8 Å². The number of unbranched alkanes of at least 4 members (excludes halogenated alkanes) is 2. The van der Waals surface area contributed by atoms with E-state index in [1.807, 2.05) is 12.2 Å². The second-order valence-electron chi connectivity index (χ2n) is 1.34. The minimum absolute atomic E-state index is 0. The summed E-state index contributed by atoms with van der Waals surface area (Å²) in [5.41, 5.74) is 0. The summed E-state index contributed by atoms with van der Waals surface area (Å²) in [6.45, 7) is 7.13. The molecule has 0 aliphatic carbocycles. The van der Waals surface area contributed by atoms with E-state index in [1.54, 1.807) is 0 Å². The summed E-state index contributed by atoms with van der Waals surface area (Å²) in [6, 6.07) is 0. The van der Waals surface area contributed by atoms with Crippen LogP contribution in [-0.2, 0) is 0 Å². The van der Waals surface area contributed by atoms with Gasteiger partial charge in [0.25, 0.3) is 0 Å². The van der Waals surface area contributed by atoms with Gasteiger partial charge in [0.05, 0.1) is 0 Å². The third-order valence-electron chi connectivity index (χ3n) is 0.667. The first-order valence-electron chi connectivity index (χ1n) is 2.45. The quantitative estimate of drug-likeness (QED) is 0.199. The second kappa shape index (κ2) is 10.5. The van der Waals surface area contributed by atoms with Gasteiger partial charge >= 0.3 is 29.6 Å². The maximum Gasteiger partial charge on any atom is 1.00 e. The van der Waals surface area contributed by atoms with Crippen molar-refractivity contribution >= 4 is 0 Å². The molecule has 0 unspecified atom stereocenters. The van der Waals surface area contributed by atoms with E-state index in [1.165, 1.54) is 0 Å². The van der Waals surface area contributed by atoms with Crippen molar-refractivity contribution in [3.63, 3.8) is 0 Å². The van der Waals surface area contributed by atoms with Crippen molar-refractivity contribution in [1.29, 1.82) is 0 Å². The molecule has 0 saturated heterocycles. The molecule has 0 aliphatic rings. The van der Waals surface area contributed by atoms with Crippen molar-refractivity contribution < 1.29 is 29.6 Å². The first-order valence-corrected chi connectivity index (χ1v) is 2.45. The van der Waals surface area contributed by atoms with Crippen LogP contribution < -0.4 is 29.6 Å². The fourth-order valence-corrected chi connectivity index (χ4v) is 0.332. The zero-order valence-electron chi connectivity index (χ0n) is 5.56. The van der Waals surface area contributed by atoms with Crippen molar-refractivity contribution in [3.05, 3.63) is 31.7 Å². The van der Waals surface area contributed by atoms with E-state index in [0.717, 1.165) is 12.8 Å². The molecule has 0 heterocycles. The van der Waals surface area contributed by atoms with E-state index >= 15 is 0 Å². The number of allylic oxidation sites excluding steroid dienone is 2. The summed E-state index contributed by atoms with van der Waals surface area (Å²) in [6.07, 6.45) is 7.87. The van der Waals surface area contributed by atoms with Crippen LogP contribution in [0.2, 0.25) is 0 Å². The van der Waals surface area contributed by atoms with Gasteiger partial charge in [-0.2, -0.15) is 12.8 Å². The van der Waals surface area contributed by atoms with Gasteiger partial charge in [-0.05, 0) is 0 Å². The van der Waals surface area contributed by atoms with Crippen molar-refractivity contribution in [3.8, 4) is 0 Å². The Morgan fingerprint density at radius 2 is 1.50 bits per heavy atom. The van der Waals surface area contributed by atoms with Crippen LogP contribution in [0.4, 0.5) is 0 Å². The standard InChI is InChI=1S/C7H11.Na/c1-3-5-7-6-4-2;/h3-4,7H,1-2,5-6H2;/q-1;+1. The maximum atomic E-state index is 3.57. The molecule has 0 saturated carbocycles. The second-order valence-corrected chi connectivity index (χ2v) is 1.34. The van der Waals surface area contributed by atoms with Crippen LogP contribution in [-0.4, -0.2) is 0 Å². The van der Waals surface area contributed by atoms with Crippen molar-refractivity contribution in [1.82, 2.24) is 0 Å². The van der Waals surface area contributed by atoms with Gasteiger partial charge in [-0.1, -0.05) is 0 Å². The van der Waals surface area contributed by atoms with Crippen LogP contribution in [0.15, 0.2) is 25.3 Å². The summed E-state index contributed by atoms with van der Waals surface area (Å²) in [4.78, 5) is 0. The molecule has 0 aromatic carbocycles. The van der Waals surface area contributed by atoms with Crippen LogP contribution in [0.5, 0.6) is 0 Å². The Bertz CT molecular complexity index is 49.4. The van der Waals surface area contributed by atoms with Crippen LogP contribution in [0, 0.1) is 6.42 Å². The van der Waals surface area contributed by atoms with Gasteiger partial charge in [-0.15, -0.1) is 25.3 Å². The Hall–Kier alpha value is 0.480. The van der Waals surface area contributed by atoms with E-state index in [0.29, 0.717) is 0 Å². The molecular weight excluding hydrogens is 107 g/mol. The average molecular weight is 118 g/mol. The Balaban J connectivity index is 0. The Kier molecular flexibility index (Phi) is 14.8. The zero-order valence-corrected chi connectivity index (χ0v) is 7.56. The molecule has 40 valence electrons. The molecule has 0 aliphatic heterocycles. The SMILES string of the molecule is C=CC[CH-]CC=C.[Na+]. The molecule has 0 N–H and O–H groups in total. The van der Waals surface area contributed by atoms with Crippen molar-refractivity contribution in [2.24, 2.45) is 0 Å². The topological polar surface area (TPSA) is 0 Å². The summed E-state index contributed by atoms with van der Waals surface area (Å²) < 4.78 is 0. The fourth-order valence-electron chi connectivity index (χ4n) is 0.332. The third kappa shape index (κ3) is 9.70. The molecule has 0 rings (SSSR count). The number of rotatable bonds is 4. The normalized spacial score (nSPS) is 7.00. The molecule has 0 aromatic rings. The zero-order chi connectivity index (χ0) is 5.54. The molecule has 0 fully saturated rings. The Labute approximate surface area is 74.0 Å². The van der Waals surface area contributed by atoms with Crippen LogP contribution in [0.25, 0.3) is 0 Å². The molecule has 0 radical (unpaired) electrons. The first-order chi connectivity index (χ1) is 3.41. The molecule has 8 heavy (non-hydrogen) atoms. The Morgan fingerprint density at radius 3 is 1.75 bits per heavy atom. The molecule has 0 atom stereocenters. The van der Waals surface area contributed by atoms with Gasteiger partial charge in [0, 0.05) is 0 Å².